The normalized spacial score (nSPS) is 26.9. The fraction of sp³-hybridized carbons (Fsp3) is 0.667. The first-order valence-electron chi connectivity index (χ1n) is 7.89. The number of benzene rings is 1. The van der Waals surface area contributed by atoms with Crippen LogP contribution in [0.15, 0.2) is 30.3 Å². The predicted molar refractivity (Wildman–Crippen MR) is 86.9 cm³/mol. The quantitative estimate of drug-likeness (QED) is 0.902. The van der Waals surface area contributed by atoms with Crippen LogP contribution >= 0.6 is 0 Å². The van der Waals surface area contributed by atoms with Gasteiger partial charge in [0.25, 0.3) is 0 Å². The molecule has 1 unspecified atom stereocenters. The molecule has 2 nitrogen and oxygen atoms in total. The van der Waals surface area contributed by atoms with Crippen molar-refractivity contribution < 1.29 is 0 Å². The maximum Gasteiger partial charge on any atom is 0.0535 e. The average molecular weight is 274 g/mol. The summed E-state index contributed by atoms with van der Waals surface area (Å²) in [4.78, 5) is 2.66. The third-order valence-corrected chi connectivity index (χ3v) is 4.66. The Morgan fingerprint density at radius 3 is 2.40 bits per heavy atom. The van der Waals surface area contributed by atoms with Gasteiger partial charge in [0, 0.05) is 18.6 Å². The van der Waals surface area contributed by atoms with E-state index in [0.29, 0.717) is 0 Å². The van der Waals surface area contributed by atoms with Crippen LogP contribution in [0.5, 0.6) is 0 Å². The zero-order valence-electron chi connectivity index (χ0n) is 13.7. The summed E-state index contributed by atoms with van der Waals surface area (Å²) in [6.07, 6.45) is 1.27. The smallest absolute Gasteiger partial charge is 0.0535 e. The van der Waals surface area contributed by atoms with E-state index in [9.17, 15) is 0 Å². The largest absolute Gasteiger partial charge is 0.305 e. The molecule has 1 aromatic carbocycles. The van der Waals surface area contributed by atoms with Crippen LogP contribution in [0, 0.1) is 5.92 Å². The SMILES string of the molecule is CC(C)CCN1CC(C)(c2ccccc2)NCC1(C)C. The molecule has 0 aliphatic carbocycles. The molecule has 1 fully saturated rings. The van der Waals surface area contributed by atoms with Crippen molar-refractivity contribution in [1.29, 1.82) is 0 Å². The highest BCUT2D eigenvalue weighted by Gasteiger charge is 2.40. The second kappa shape index (κ2) is 5.87. The summed E-state index contributed by atoms with van der Waals surface area (Å²) in [7, 11) is 0. The number of nitrogens with one attached hydrogen (secondary N) is 1. The number of hydrogen-bond donors (Lipinski definition) is 1. The van der Waals surface area contributed by atoms with E-state index >= 15 is 0 Å². The summed E-state index contributed by atoms with van der Waals surface area (Å²) in [6.45, 7) is 15.0. The van der Waals surface area contributed by atoms with Gasteiger partial charge in [0.2, 0.25) is 0 Å². The monoisotopic (exact) mass is 274 g/mol. The minimum atomic E-state index is 0.0633. The van der Waals surface area contributed by atoms with Gasteiger partial charge in [-0.2, -0.15) is 0 Å². The first kappa shape index (κ1) is 15.5. The van der Waals surface area contributed by atoms with Crippen molar-refractivity contribution in [1.82, 2.24) is 10.2 Å². The molecule has 20 heavy (non-hydrogen) atoms. The number of nitrogens with zero attached hydrogens (tertiary/aromatic N) is 1. The Labute approximate surface area is 124 Å². The van der Waals surface area contributed by atoms with E-state index in [1.54, 1.807) is 0 Å². The highest BCUT2D eigenvalue weighted by Crippen LogP contribution is 2.30. The fourth-order valence-corrected chi connectivity index (χ4v) is 2.97. The Balaban J connectivity index is 2.15. The maximum atomic E-state index is 3.78. The van der Waals surface area contributed by atoms with Crippen molar-refractivity contribution >= 4 is 0 Å². The van der Waals surface area contributed by atoms with Crippen LogP contribution in [0.1, 0.15) is 46.6 Å². The van der Waals surface area contributed by atoms with Crippen molar-refractivity contribution in [2.45, 2.75) is 52.1 Å². The zero-order valence-corrected chi connectivity index (χ0v) is 13.7. The van der Waals surface area contributed by atoms with Gasteiger partial charge in [0.1, 0.15) is 0 Å². The summed E-state index contributed by atoms with van der Waals surface area (Å²) in [6, 6.07) is 10.9. The van der Waals surface area contributed by atoms with E-state index in [4.69, 9.17) is 0 Å². The fourth-order valence-electron chi connectivity index (χ4n) is 2.97. The van der Waals surface area contributed by atoms with Gasteiger partial charge in [-0.3, -0.25) is 4.90 Å². The second-order valence-electron chi connectivity index (χ2n) is 7.47. The number of hydrogen-bond acceptors (Lipinski definition) is 2. The van der Waals surface area contributed by atoms with Gasteiger partial charge in [0.15, 0.2) is 0 Å². The van der Waals surface area contributed by atoms with Gasteiger partial charge in [-0.15, -0.1) is 0 Å². The summed E-state index contributed by atoms with van der Waals surface area (Å²) < 4.78 is 0. The van der Waals surface area contributed by atoms with E-state index < -0.39 is 0 Å². The second-order valence-corrected chi connectivity index (χ2v) is 7.47. The van der Waals surface area contributed by atoms with Gasteiger partial charge in [-0.1, -0.05) is 44.2 Å². The standard InChI is InChI=1S/C18H30N2/c1-15(2)11-12-20-14-18(5,19-13-17(20,3)4)16-9-7-6-8-10-16/h6-10,15,19H,11-14H2,1-5H3. The lowest BCUT2D eigenvalue weighted by atomic mass is 9.84. The molecule has 1 aliphatic heterocycles. The first-order chi connectivity index (χ1) is 9.33. The Kier molecular flexibility index (Phi) is 4.55. The van der Waals surface area contributed by atoms with E-state index in [2.05, 4.69) is 75.2 Å². The van der Waals surface area contributed by atoms with Gasteiger partial charge >= 0.3 is 0 Å². The van der Waals surface area contributed by atoms with E-state index in [-0.39, 0.29) is 11.1 Å². The molecule has 0 spiro atoms. The molecular formula is C18H30N2. The van der Waals surface area contributed by atoms with Crippen LogP contribution in [0.4, 0.5) is 0 Å². The van der Waals surface area contributed by atoms with Crippen LogP contribution in [0.3, 0.4) is 0 Å². The van der Waals surface area contributed by atoms with Gasteiger partial charge in [0.05, 0.1) is 5.54 Å². The maximum absolute atomic E-state index is 3.78. The van der Waals surface area contributed by atoms with Crippen LogP contribution in [0.25, 0.3) is 0 Å². The van der Waals surface area contributed by atoms with Crippen LogP contribution in [-0.2, 0) is 5.54 Å². The average Bonchev–Trinajstić information content (AvgIpc) is 2.41. The summed E-state index contributed by atoms with van der Waals surface area (Å²) in [5.41, 5.74) is 1.70. The lowest BCUT2D eigenvalue weighted by Crippen LogP contribution is -2.65. The van der Waals surface area contributed by atoms with E-state index in [1.807, 2.05) is 0 Å². The lowest BCUT2D eigenvalue weighted by Gasteiger charge is -2.51. The zero-order chi connectivity index (χ0) is 14.8. The molecule has 1 heterocycles. The van der Waals surface area contributed by atoms with Gasteiger partial charge in [-0.05, 0) is 45.2 Å². The molecule has 0 saturated carbocycles. The van der Waals surface area contributed by atoms with Crippen molar-refractivity contribution in [2.24, 2.45) is 5.92 Å². The Morgan fingerprint density at radius 1 is 1.15 bits per heavy atom. The molecule has 2 rings (SSSR count). The van der Waals surface area contributed by atoms with E-state index in [1.165, 1.54) is 18.5 Å². The molecular weight excluding hydrogens is 244 g/mol. The van der Waals surface area contributed by atoms with E-state index in [0.717, 1.165) is 19.0 Å². The third-order valence-electron chi connectivity index (χ3n) is 4.66. The van der Waals surface area contributed by atoms with Crippen molar-refractivity contribution in [3.05, 3.63) is 35.9 Å². The first-order valence-corrected chi connectivity index (χ1v) is 7.89. The molecule has 112 valence electrons. The van der Waals surface area contributed by atoms with Crippen molar-refractivity contribution in [2.75, 3.05) is 19.6 Å². The molecule has 2 heteroatoms. The molecule has 1 N–H and O–H groups in total. The summed E-state index contributed by atoms with van der Waals surface area (Å²) in [5, 5.41) is 3.78. The van der Waals surface area contributed by atoms with Gasteiger partial charge < -0.3 is 5.32 Å². The Hall–Kier alpha value is -0.860. The lowest BCUT2D eigenvalue weighted by molar-refractivity contribution is 0.0280. The third kappa shape index (κ3) is 3.42. The number of rotatable bonds is 4. The van der Waals surface area contributed by atoms with Crippen LogP contribution in [-0.4, -0.2) is 30.1 Å². The predicted octanol–water partition coefficient (Wildman–Crippen LogP) is 3.63. The molecule has 1 aliphatic rings. The topological polar surface area (TPSA) is 15.3 Å². The number of piperazine rings is 1. The highest BCUT2D eigenvalue weighted by atomic mass is 15.3. The molecule has 0 aromatic heterocycles. The van der Waals surface area contributed by atoms with Gasteiger partial charge in [-0.25, -0.2) is 0 Å². The van der Waals surface area contributed by atoms with Crippen molar-refractivity contribution in [3.8, 4) is 0 Å². The molecule has 0 radical (unpaired) electrons. The Morgan fingerprint density at radius 2 is 1.80 bits per heavy atom. The van der Waals surface area contributed by atoms with Crippen LogP contribution in [0.2, 0.25) is 0 Å². The molecule has 1 saturated heterocycles. The molecule has 1 aromatic rings. The minimum Gasteiger partial charge on any atom is -0.305 e. The van der Waals surface area contributed by atoms with Crippen molar-refractivity contribution in [3.63, 3.8) is 0 Å². The molecule has 1 atom stereocenters. The summed E-state index contributed by atoms with van der Waals surface area (Å²) >= 11 is 0. The molecule has 0 amide bonds. The summed E-state index contributed by atoms with van der Waals surface area (Å²) in [5.74, 6) is 0.767. The molecule has 0 bridgehead atoms. The minimum absolute atomic E-state index is 0.0633. The highest BCUT2D eigenvalue weighted by molar-refractivity contribution is 5.25. The van der Waals surface area contributed by atoms with Crippen LogP contribution < -0.4 is 5.32 Å². The Bertz CT molecular complexity index is 424.